The molecule has 3 aliphatic heterocycles. The molecule has 0 bridgehead atoms. The van der Waals surface area contributed by atoms with Crippen molar-refractivity contribution in [3.05, 3.63) is 0 Å². The molecule has 0 aromatic carbocycles. The Labute approximate surface area is 169 Å². The molecule has 3 aliphatic rings. The number of hydrogen-bond acceptors (Lipinski definition) is 4. The van der Waals surface area contributed by atoms with E-state index < -0.39 is 0 Å². The maximum Gasteiger partial charge on any atom is 0.0121 e. The average molecular weight is 379 g/mol. The van der Waals surface area contributed by atoms with Gasteiger partial charge in [0.15, 0.2) is 0 Å². The van der Waals surface area contributed by atoms with Crippen molar-refractivity contribution in [2.75, 3.05) is 65.4 Å². The Kier molecular flexibility index (Phi) is 8.43. The van der Waals surface area contributed by atoms with Crippen LogP contribution >= 0.6 is 0 Å². The first kappa shape index (κ1) is 21.5. The summed E-state index contributed by atoms with van der Waals surface area (Å²) in [5.41, 5.74) is 0. The van der Waals surface area contributed by atoms with Crippen molar-refractivity contribution in [3.63, 3.8) is 0 Å². The van der Waals surface area contributed by atoms with Crippen LogP contribution in [0, 0.1) is 11.8 Å². The maximum absolute atomic E-state index is 2.79. The highest BCUT2D eigenvalue weighted by atomic mass is 15.3. The predicted octanol–water partition coefficient (Wildman–Crippen LogP) is 3.23. The molecule has 0 amide bonds. The van der Waals surface area contributed by atoms with Gasteiger partial charge in [0.1, 0.15) is 0 Å². The molecule has 4 nitrogen and oxygen atoms in total. The van der Waals surface area contributed by atoms with Crippen molar-refractivity contribution >= 4 is 0 Å². The van der Waals surface area contributed by atoms with E-state index in [2.05, 4.69) is 47.3 Å². The van der Waals surface area contributed by atoms with E-state index in [1.807, 2.05) is 0 Å². The number of piperidine rings is 2. The van der Waals surface area contributed by atoms with Crippen LogP contribution in [0.25, 0.3) is 0 Å². The second kappa shape index (κ2) is 10.6. The SMILES string of the molecule is CC(C)C1CCN(CCCN2CCC(N3CCN(C(C)C)CC3)CC2)CC1. The monoisotopic (exact) mass is 378 g/mol. The van der Waals surface area contributed by atoms with E-state index in [4.69, 9.17) is 0 Å². The molecule has 3 heterocycles. The Balaban J connectivity index is 1.26. The molecule has 4 heteroatoms. The average Bonchev–Trinajstić information content (AvgIpc) is 2.69. The quantitative estimate of drug-likeness (QED) is 0.674. The lowest BCUT2D eigenvalue weighted by Crippen LogP contribution is -2.54. The molecule has 158 valence electrons. The van der Waals surface area contributed by atoms with E-state index in [-0.39, 0.29) is 0 Å². The number of piperazine rings is 1. The molecule has 0 unspecified atom stereocenters. The summed E-state index contributed by atoms with van der Waals surface area (Å²) < 4.78 is 0. The van der Waals surface area contributed by atoms with E-state index in [1.54, 1.807) is 0 Å². The van der Waals surface area contributed by atoms with Crippen LogP contribution in [-0.2, 0) is 0 Å². The third kappa shape index (κ3) is 6.42. The first-order valence-electron chi connectivity index (χ1n) is 12.0. The van der Waals surface area contributed by atoms with Gasteiger partial charge in [-0.2, -0.15) is 0 Å². The molecule has 0 aromatic rings. The lowest BCUT2D eigenvalue weighted by Gasteiger charge is -2.43. The Morgan fingerprint density at radius 3 is 1.67 bits per heavy atom. The van der Waals surface area contributed by atoms with Gasteiger partial charge in [-0.3, -0.25) is 9.80 Å². The van der Waals surface area contributed by atoms with Crippen molar-refractivity contribution in [1.29, 1.82) is 0 Å². The normalized spacial score (nSPS) is 26.4. The van der Waals surface area contributed by atoms with Crippen LogP contribution in [0.15, 0.2) is 0 Å². The summed E-state index contributed by atoms with van der Waals surface area (Å²) in [6, 6.07) is 1.57. The van der Waals surface area contributed by atoms with Gasteiger partial charge >= 0.3 is 0 Å². The number of rotatable bonds is 7. The van der Waals surface area contributed by atoms with Crippen molar-refractivity contribution in [3.8, 4) is 0 Å². The molecule has 3 rings (SSSR count). The summed E-state index contributed by atoms with van der Waals surface area (Å²) in [6.45, 7) is 22.5. The maximum atomic E-state index is 2.79. The van der Waals surface area contributed by atoms with Crippen LogP contribution in [-0.4, -0.2) is 97.1 Å². The van der Waals surface area contributed by atoms with E-state index >= 15 is 0 Å². The van der Waals surface area contributed by atoms with Crippen molar-refractivity contribution < 1.29 is 0 Å². The third-order valence-electron chi connectivity index (χ3n) is 7.68. The van der Waals surface area contributed by atoms with Gasteiger partial charge < -0.3 is 9.80 Å². The Hall–Kier alpha value is -0.160. The van der Waals surface area contributed by atoms with Crippen LogP contribution < -0.4 is 0 Å². The third-order valence-corrected chi connectivity index (χ3v) is 7.68. The van der Waals surface area contributed by atoms with E-state index in [0.717, 1.165) is 17.9 Å². The lowest BCUT2D eigenvalue weighted by atomic mass is 9.87. The summed E-state index contributed by atoms with van der Waals surface area (Å²) in [4.78, 5) is 10.9. The Morgan fingerprint density at radius 1 is 0.667 bits per heavy atom. The first-order chi connectivity index (χ1) is 13.0. The standard InChI is InChI=1S/C23H46N4/c1-20(2)22-6-12-24(13-7-22)10-5-11-25-14-8-23(9-15-25)27-18-16-26(17-19-27)21(3)4/h20-23H,5-19H2,1-4H3. The highest BCUT2D eigenvalue weighted by molar-refractivity contribution is 4.84. The summed E-state index contributed by atoms with van der Waals surface area (Å²) in [5.74, 6) is 1.85. The minimum atomic E-state index is 0.713. The molecular formula is C23H46N4. The molecule has 0 saturated carbocycles. The van der Waals surface area contributed by atoms with E-state index in [1.165, 1.54) is 97.6 Å². The number of likely N-dealkylation sites (tertiary alicyclic amines) is 2. The van der Waals surface area contributed by atoms with E-state index in [9.17, 15) is 0 Å². The fourth-order valence-corrected chi connectivity index (χ4v) is 5.49. The fraction of sp³-hybridized carbons (Fsp3) is 1.00. The molecule has 3 fully saturated rings. The first-order valence-corrected chi connectivity index (χ1v) is 12.0. The van der Waals surface area contributed by atoms with E-state index in [0.29, 0.717) is 6.04 Å². The number of nitrogens with zero attached hydrogens (tertiary/aromatic N) is 4. The van der Waals surface area contributed by atoms with Crippen LogP contribution in [0.3, 0.4) is 0 Å². The van der Waals surface area contributed by atoms with Crippen LogP contribution in [0.1, 0.15) is 59.8 Å². The topological polar surface area (TPSA) is 13.0 Å². The van der Waals surface area contributed by atoms with Gasteiger partial charge in [0, 0.05) is 38.3 Å². The Bertz CT molecular complexity index is 398. The molecule has 0 N–H and O–H groups in total. The molecule has 27 heavy (non-hydrogen) atoms. The van der Waals surface area contributed by atoms with Gasteiger partial charge in [-0.25, -0.2) is 0 Å². The van der Waals surface area contributed by atoms with Gasteiger partial charge in [-0.05, 0) is 97.1 Å². The predicted molar refractivity (Wildman–Crippen MR) is 116 cm³/mol. The second-order valence-corrected chi connectivity index (χ2v) is 10.0. The second-order valence-electron chi connectivity index (χ2n) is 10.0. The molecule has 0 spiro atoms. The molecule has 3 saturated heterocycles. The minimum absolute atomic E-state index is 0.713. The van der Waals surface area contributed by atoms with Gasteiger partial charge in [0.2, 0.25) is 0 Å². The highest BCUT2D eigenvalue weighted by Crippen LogP contribution is 2.24. The smallest absolute Gasteiger partial charge is 0.0121 e. The van der Waals surface area contributed by atoms with Gasteiger partial charge in [0.25, 0.3) is 0 Å². The summed E-state index contributed by atoms with van der Waals surface area (Å²) in [5, 5.41) is 0. The van der Waals surface area contributed by atoms with Gasteiger partial charge in [-0.15, -0.1) is 0 Å². The Morgan fingerprint density at radius 2 is 1.19 bits per heavy atom. The minimum Gasteiger partial charge on any atom is -0.303 e. The molecular weight excluding hydrogens is 332 g/mol. The summed E-state index contributed by atoms with van der Waals surface area (Å²) in [6.07, 6.45) is 6.99. The zero-order valence-corrected chi connectivity index (χ0v) is 18.7. The van der Waals surface area contributed by atoms with Crippen LogP contribution in [0.5, 0.6) is 0 Å². The summed E-state index contributed by atoms with van der Waals surface area (Å²) >= 11 is 0. The van der Waals surface area contributed by atoms with Crippen molar-refractivity contribution in [2.45, 2.75) is 71.9 Å². The zero-order valence-electron chi connectivity index (χ0n) is 18.7. The molecule has 0 aliphatic carbocycles. The zero-order chi connectivity index (χ0) is 19.2. The summed E-state index contributed by atoms with van der Waals surface area (Å²) in [7, 11) is 0. The fourth-order valence-electron chi connectivity index (χ4n) is 5.49. The van der Waals surface area contributed by atoms with Crippen molar-refractivity contribution in [2.24, 2.45) is 11.8 Å². The number of hydrogen-bond donors (Lipinski definition) is 0. The molecule has 0 radical (unpaired) electrons. The molecule has 0 aromatic heterocycles. The van der Waals surface area contributed by atoms with Crippen LogP contribution in [0.2, 0.25) is 0 Å². The van der Waals surface area contributed by atoms with Crippen LogP contribution in [0.4, 0.5) is 0 Å². The highest BCUT2D eigenvalue weighted by Gasteiger charge is 2.28. The molecule has 0 atom stereocenters. The van der Waals surface area contributed by atoms with Gasteiger partial charge in [0.05, 0.1) is 0 Å². The lowest BCUT2D eigenvalue weighted by molar-refractivity contribution is 0.0474. The largest absolute Gasteiger partial charge is 0.303 e. The van der Waals surface area contributed by atoms with Crippen molar-refractivity contribution in [1.82, 2.24) is 19.6 Å². The van der Waals surface area contributed by atoms with Gasteiger partial charge in [-0.1, -0.05) is 13.8 Å².